The molecule has 1 fully saturated rings. The largest absolute Gasteiger partial charge is 0.480 e. The molecule has 1 saturated carbocycles. The Morgan fingerprint density at radius 1 is 1.62 bits per heavy atom. The molecule has 1 rings (SSSR count). The first-order valence-corrected chi connectivity index (χ1v) is 4.79. The lowest BCUT2D eigenvalue weighted by Gasteiger charge is -2.30. The van der Waals surface area contributed by atoms with E-state index in [2.05, 4.69) is 6.92 Å². The number of carboxylic acid groups (broad SMARTS) is 1. The zero-order valence-corrected chi connectivity index (χ0v) is 7.92. The second-order valence-electron chi connectivity index (χ2n) is 3.85. The number of carboxylic acids is 1. The molecule has 0 amide bonds. The maximum absolute atomic E-state index is 10.9. The van der Waals surface area contributed by atoms with Gasteiger partial charge in [0.25, 0.3) is 0 Å². The average Bonchev–Trinajstić information content (AvgIpc) is 2.17. The summed E-state index contributed by atoms with van der Waals surface area (Å²) < 4.78 is 0. The lowest BCUT2D eigenvalue weighted by atomic mass is 9.71. The fraction of sp³-hybridized carbons (Fsp3) is 0.800. The number of carbonyl (C=O) groups is 1. The fourth-order valence-corrected chi connectivity index (χ4v) is 1.95. The van der Waals surface area contributed by atoms with Gasteiger partial charge in [-0.1, -0.05) is 13.3 Å². The Hall–Kier alpha value is -1.04. The van der Waals surface area contributed by atoms with Crippen molar-refractivity contribution in [2.45, 2.75) is 39.0 Å². The maximum atomic E-state index is 10.9. The molecule has 0 saturated heterocycles. The van der Waals surface area contributed by atoms with Crippen molar-refractivity contribution in [1.82, 2.24) is 0 Å². The highest BCUT2D eigenvalue weighted by Gasteiger charge is 2.41. The van der Waals surface area contributed by atoms with Crippen LogP contribution in [0.3, 0.4) is 0 Å². The van der Waals surface area contributed by atoms with Crippen LogP contribution in [0.2, 0.25) is 0 Å². The van der Waals surface area contributed by atoms with Crippen LogP contribution in [-0.2, 0) is 4.79 Å². The molecular weight excluding hydrogens is 166 g/mol. The molecule has 13 heavy (non-hydrogen) atoms. The molecule has 72 valence electrons. The zero-order valence-electron chi connectivity index (χ0n) is 7.92. The van der Waals surface area contributed by atoms with Crippen LogP contribution in [0, 0.1) is 22.7 Å². The fourth-order valence-electron chi connectivity index (χ4n) is 1.95. The number of hydrogen-bond acceptors (Lipinski definition) is 2. The van der Waals surface area contributed by atoms with Gasteiger partial charge in [-0.25, -0.2) is 0 Å². The molecule has 0 atom stereocenters. The second kappa shape index (κ2) is 3.78. The Labute approximate surface area is 78.4 Å². The van der Waals surface area contributed by atoms with E-state index >= 15 is 0 Å². The van der Waals surface area contributed by atoms with Gasteiger partial charge in [-0.05, 0) is 31.6 Å². The van der Waals surface area contributed by atoms with Crippen molar-refractivity contribution in [3.05, 3.63) is 0 Å². The van der Waals surface area contributed by atoms with Crippen LogP contribution in [0.1, 0.15) is 39.0 Å². The van der Waals surface area contributed by atoms with Gasteiger partial charge in [0, 0.05) is 0 Å². The second-order valence-corrected chi connectivity index (χ2v) is 3.85. The van der Waals surface area contributed by atoms with Gasteiger partial charge in [0.05, 0.1) is 6.07 Å². The number of hydrogen-bond donors (Lipinski definition) is 1. The number of aliphatic carboxylic acids is 1. The van der Waals surface area contributed by atoms with Crippen molar-refractivity contribution in [2.24, 2.45) is 11.3 Å². The van der Waals surface area contributed by atoms with Crippen LogP contribution < -0.4 is 0 Å². The highest BCUT2D eigenvalue weighted by atomic mass is 16.4. The minimum Gasteiger partial charge on any atom is -0.480 e. The minimum absolute atomic E-state index is 0.525. The molecule has 0 aromatic heterocycles. The van der Waals surface area contributed by atoms with E-state index in [1.165, 1.54) is 0 Å². The van der Waals surface area contributed by atoms with Gasteiger partial charge in [0.1, 0.15) is 0 Å². The lowest BCUT2D eigenvalue weighted by Crippen LogP contribution is -2.33. The molecule has 0 aromatic rings. The first kappa shape index (κ1) is 10.0. The van der Waals surface area contributed by atoms with Crippen LogP contribution in [0.15, 0.2) is 0 Å². The summed E-state index contributed by atoms with van der Waals surface area (Å²) in [6.07, 6.45) is 3.92. The van der Waals surface area contributed by atoms with E-state index < -0.39 is 11.4 Å². The number of nitrogens with zero attached hydrogens (tertiary/aromatic N) is 1. The predicted octanol–water partition coefficient (Wildman–Crippen LogP) is 2.18. The van der Waals surface area contributed by atoms with Gasteiger partial charge >= 0.3 is 5.97 Å². The van der Waals surface area contributed by atoms with Gasteiger partial charge in [0.2, 0.25) is 0 Å². The van der Waals surface area contributed by atoms with Gasteiger partial charge < -0.3 is 5.11 Å². The molecule has 1 aliphatic rings. The molecule has 0 unspecified atom stereocenters. The molecular formula is C10H15NO2. The third-order valence-corrected chi connectivity index (χ3v) is 3.16. The lowest BCUT2D eigenvalue weighted by molar-refractivity contribution is -0.147. The van der Waals surface area contributed by atoms with Gasteiger partial charge in [-0.3, -0.25) is 4.79 Å². The summed E-state index contributed by atoms with van der Waals surface area (Å²) in [6, 6.07) is 1.96. The van der Waals surface area contributed by atoms with Gasteiger partial charge in [-0.2, -0.15) is 5.26 Å². The molecule has 0 heterocycles. The summed E-state index contributed by atoms with van der Waals surface area (Å²) in [5.41, 5.74) is -1.08. The summed E-state index contributed by atoms with van der Waals surface area (Å²) in [7, 11) is 0. The van der Waals surface area contributed by atoms with Crippen LogP contribution in [0.4, 0.5) is 0 Å². The van der Waals surface area contributed by atoms with Crippen LogP contribution in [0.25, 0.3) is 0 Å². The molecule has 0 radical (unpaired) electrons. The van der Waals surface area contributed by atoms with E-state index in [-0.39, 0.29) is 0 Å². The van der Waals surface area contributed by atoms with Crippen molar-refractivity contribution < 1.29 is 9.90 Å². The third-order valence-electron chi connectivity index (χ3n) is 3.16. The van der Waals surface area contributed by atoms with E-state index in [0.29, 0.717) is 18.8 Å². The maximum Gasteiger partial charge on any atom is 0.324 e. The highest BCUT2D eigenvalue weighted by Crippen LogP contribution is 2.39. The minimum atomic E-state index is -1.08. The number of nitriles is 1. The van der Waals surface area contributed by atoms with Gasteiger partial charge in [-0.15, -0.1) is 0 Å². The summed E-state index contributed by atoms with van der Waals surface area (Å²) >= 11 is 0. The molecule has 1 aliphatic carbocycles. The van der Waals surface area contributed by atoms with Crippen LogP contribution in [-0.4, -0.2) is 11.1 Å². The molecule has 3 heteroatoms. The Kier molecular flexibility index (Phi) is 2.92. The predicted molar refractivity (Wildman–Crippen MR) is 47.9 cm³/mol. The van der Waals surface area contributed by atoms with Crippen molar-refractivity contribution in [2.75, 3.05) is 0 Å². The monoisotopic (exact) mass is 181 g/mol. The topological polar surface area (TPSA) is 61.1 Å². The molecule has 0 aromatic carbocycles. The van der Waals surface area contributed by atoms with E-state index in [1.807, 2.05) is 6.07 Å². The van der Waals surface area contributed by atoms with E-state index in [0.717, 1.165) is 19.3 Å². The smallest absolute Gasteiger partial charge is 0.324 e. The standard InChI is InChI=1S/C10H15NO2/c1-2-8-3-5-10(7-11,6-4-8)9(12)13/h8H,2-6H2,1H3,(H,12,13). The van der Waals surface area contributed by atoms with E-state index in [9.17, 15) is 4.79 Å². The van der Waals surface area contributed by atoms with Crippen molar-refractivity contribution in [3.8, 4) is 6.07 Å². The Morgan fingerprint density at radius 2 is 2.15 bits per heavy atom. The molecule has 0 aliphatic heterocycles. The Bertz CT molecular complexity index is 234. The quantitative estimate of drug-likeness (QED) is 0.710. The Morgan fingerprint density at radius 3 is 2.46 bits per heavy atom. The molecule has 0 bridgehead atoms. The van der Waals surface area contributed by atoms with Crippen molar-refractivity contribution in [3.63, 3.8) is 0 Å². The van der Waals surface area contributed by atoms with Crippen molar-refractivity contribution in [1.29, 1.82) is 5.26 Å². The Balaban J connectivity index is 2.65. The molecule has 0 spiro atoms. The third kappa shape index (κ3) is 1.82. The first-order valence-electron chi connectivity index (χ1n) is 4.79. The zero-order chi connectivity index (χ0) is 9.90. The van der Waals surface area contributed by atoms with Crippen LogP contribution >= 0.6 is 0 Å². The van der Waals surface area contributed by atoms with E-state index in [1.54, 1.807) is 0 Å². The van der Waals surface area contributed by atoms with Gasteiger partial charge in [0.15, 0.2) is 5.41 Å². The SMILES string of the molecule is CCC1CCC(C#N)(C(=O)O)CC1. The average molecular weight is 181 g/mol. The first-order chi connectivity index (χ1) is 6.14. The molecule has 1 N–H and O–H groups in total. The van der Waals surface area contributed by atoms with Crippen LogP contribution in [0.5, 0.6) is 0 Å². The molecule has 3 nitrogen and oxygen atoms in total. The highest BCUT2D eigenvalue weighted by molar-refractivity contribution is 5.78. The summed E-state index contributed by atoms with van der Waals surface area (Å²) in [5.74, 6) is -0.314. The normalized spacial score (nSPS) is 33.7. The number of rotatable bonds is 2. The summed E-state index contributed by atoms with van der Waals surface area (Å²) in [4.78, 5) is 10.9. The van der Waals surface area contributed by atoms with E-state index in [4.69, 9.17) is 10.4 Å². The summed E-state index contributed by atoms with van der Waals surface area (Å²) in [5, 5.41) is 17.8. The summed E-state index contributed by atoms with van der Waals surface area (Å²) in [6.45, 7) is 2.12. The van der Waals surface area contributed by atoms with Crippen molar-refractivity contribution >= 4 is 5.97 Å².